The topological polar surface area (TPSA) is 61.8 Å². The number of hydrogen-bond donors (Lipinski definition) is 2. The van der Waals surface area contributed by atoms with Crippen molar-refractivity contribution in [2.75, 3.05) is 33.4 Å². The summed E-state index contributed by atoms with van der Waals surface area (Å²) in [5, 5.41) is 12.1. The van der Waals surface area contributed by atoms with Crippen LogP contribution in [0, 0.1) is 11.8 Å². The molecule has 5 nitrogen and oxygen atoms in total. The molecule has 2 atom stereocenters. The summed E-state index contributed by atoms with van der Waals surface area (Å²) >= 11 is 0. The average Bonchev–Trinajstić information content (AvgIpc) is 2.44. The number of piperidine rings is 1. The Morgan fingerprint density at radius 3 is 2.85 bits per heavy atom. The van der Waals surface area contributed by atoms with Crippen LogP contribution < -0.4 is 5.32 Å². The number of likely N-dealkylation sites (tertiary alicyclic amines) is 1. The van der Waals surface area contributed by atoms with Crippen molar-refractivity contribution < 1.29 is 14.6 Å². The molecule has 0 radical (unpaired) electrons. The quantitative estimate of drug-likeness (QED) is 0.751. The van der Waals surface area contributed by atoms with Crippen LogP contribution in [0.25, 0.3) is 0 Å². The number of amides is 2. The summed E-state index contributed by atoms with van der Waals surface area (Å²) in [7, 11) is 1.70. The SMILES string of the molecule is COC1CCCN(C(=O)NCC(CCO)CC(C)C)C1. The van der Waals surface area contributed by atoms with Gasteiger partial charge < -0.3 is 20.1 Å². The number of rotatable bonds is 7. The molecule has 0 saturated carbocycles. The molecule has 2 unspecified atom stereocenters. The number of aliphatic hydroxyl groups excluding tert-OH is 1. The van der Waals surface area contributed by atoms with Gasteiger partial charge in [-0.25, -0.2) is 4.79 Å². The zero-order chi connectivity index (χ0) is 15.0. The van der Waals surface area contributed by atoms with Crippen LogP contribution in [0.1, 0.15) is 39.5 Å². The second-order valence-electron chi connectivity index (χ2n) is 6.14. The first kappa shape index (κ1) is 17.2. The molecule has 0 aromatic carbocycles. The predicted octanol–water partition coefficient (Wildman–Crippen LogP) is 1.85. The molecule has 1 saturated heterocycles. The minimum absolute atomic E-state index is 0.00144. The van der Waals surface area contributed by atoms with Gasteiger partial charge in [-0.05, 0) is 37.5 Å². The Morgan fingerprint density at radius 2 is 2.25 bits per heavy atom. The van der Waals surface area contributed by atoms with Crippen molar-refractivity contribution in [2.24, 2.45) is 11.8 Å². The largest absolute Gasteiger partial charge is 0.396 e. The highest BCUT2D eigenvalue weighted by atomic mass is 16.5. The molecule has 0 spiro atoms. The van der Waals surface area contributed by atoms with Gasteiger partial charge >= 0.3 is 6.03 Å². The lowest BCUT2D eigenvalue weighted by molar-refractivity contribution is 0.0432. The maximum absolute atomic E-state index is 12.2. The van der Waals surface area contributed by atoms with E-state index in [1.165, 1.54) is 0 Å². The van der Waals surface area contributed by atoms with Crippen molar-refractivity contribution in [3.05, 3.63) is 0 Å². The number of methoxy groups -OCH3 is 1. The molecular weight excluding hydrogens is 256 g/mol. The maximum atomic E-state index is 12.2. The number of carbonyl (C=O) groups excluding carboxylic acids is 1. The molecule has 1 fully saturated rings. The van der Waals surface area contributed by atoms with Gasteiger partial charge in [-0.2, -0.15) is 0 Å². The summed E-state index contributed by atoms with van der Waals surface area (Å²) in [6, 6.07) is -0.00144. The molecule has 1 aliphatic rings. The van der Waals surface area contributed by atoms with Crippen LogP contribution in [0.5, 0.6) is 0 Å². The van der Waals surface area contributed by atoms with E-state index in [0.717, 1.165) is 32.2 Å². The Morgan fingerprint density at radius 1 is 1.50 bits per heavy atom. The summed E-state index contributed by atoms with van der Waals surface area (Å²) in [4.78, 5) is 14.0. The van der Waals surface area contributed by atoms with E-state index >= 15 is 0 Å². The standard InChI is InChI=1S/C15H30N2O3/c1-12(2)9-13(6-8-18)10-16-15(19)17-7-4-5-14(11-17)20-3/h12-14,18H,4-11H2,1-3H3,(H,16,19). The van der Waals surface area contributed by atoms with Crippen LogP contribution in [-0.4, -0.2) is 55.5 Å². The lowest BCUT2D eigenvalue weighted by atomic mass is 9.94. The highest BCUT2D eigenvalue weighted by Crippen LogP contribution is 2.15. The van der Waals surface area contributed by atoms with E-state index in [4.69, 9.17) is 9.84 Å². The number of carbonyl (C=O) groups is 1. The molecule has 2 N–H and O–H groups in total. The molecule has 20 heavy (non-hydrogen) atoms. The number of nitrogens with zero attached hydrogens (tertiary/aromatic N) is 1. The lowest BCUT2D eigenvalue weighted by Gasteiger charge is -2.32. The Kier molecular flexibility index (Phi) is 7.92. The van der Waals surface area contributed by atoms with Crippen molar-refractivity contribution in [3.63, 3.8) is 0 Å². The minimum atomic E-state index is -0.00144. The molecule has 0 aromatic heterocycles. The smallest absolute Gasteiger partial charge is 0.317 e. The molecule has 0 bridgehead atoms. The van der Waals surface area contributed by atoms with Gasteiger partial charge in [0.2, 0.25) is 0 Å². The van der Waals surface area contributed by atoms with Gasteiger partial charge in [0.1, 0.15) is 0 Å². The Balaban J connectivity index is 2.36. The molecule has 118 valence electrons. The van der Waals surface area contributed by atoms with Gasteiger partial charge in [0.15, 0.2) is 0 Å². The monoisotopic (exact) mass is 286 g/mol. The highest BCUT2D eigenvalue weighted by Gasteiger charge is 2.23. The number of hydrogen-bond acceptors (Lipinski definition) is 3. The van der Waals surface area contributed by atoms with Gasteiger partial charge in [0.05, 0.1) is 6.10 Å². The van der Waals surface area contributed by atoms with Crippen molar-refractivity contribution in [1.29, 1.82) is 0 Å². The van der Waals surface area contributed by atoms with Crippen molar-refractivity contribution in [3.8, 4) is 0 Å². The summed E-state index contributed by atoms with van der Waals surface area (Å²) in [5.74, 6) is 0.934. The molecule has 1 aliphatic heterocycles. The van der Waals surface area contributed by atoms with Crippen molar-refractivity contribution in [1.82, 2.24) is 10.2 Å². The molecule has 2 amide bonds. The van der Waals surface area contributed by atoms with Crippen molar-refractivity contribution in [2.45, 2.75) is 45.6 Å². The Labute approximate surface area is 122 Å². The minimum Gasteiger partial charge on any atom is -0.396 e. The average molecular weight is 286 g/mol. The normalized spacial score (nSPS) is 21.1. The molecule has 1 heterocycles. The van der Waals surface area contributed by atoms with E-state index in [1.54, 1.807) is 7.11 Å². The fraction of sp³-hybridized carbons (Fsp3) is 0.933. The van der Waals surface area contributed by atoms with Crippen LogP contribution in [-0.2, 0) is 4.74 Å². The molecule has 5 heteroatoms. The third kappa shape index (κ3) is 6.09. The van der Waals surface area contributed by atoms with Gasteiger partial charge in [-0.1, -0.05) is 13.8 Å². The third-order valence-corrected chi connectivity index (χ3v) is 3.88. The zero-order valence-electron chi connectivity index (χ0n) is 13.1. The van der Waals surface area contributed by atoms with Crippen LogP contribution in [0.15, 0.2) is 0 Å². The van der Waals surface area contributed by atoms with E-state index in [9.17, 15) is 4.79 Å². The summed E-state index contributed by atoms with van der Waals surface area (Å²) in [6.07, 6.45) is 3.97. The van der Waals surface area contributed by atoms with E-state index in [2.05, 4.69) is 19.2 Å². The van der Waals surface area contributed by atoms with Crippen LogP contribution in [0.2, 0.25) is 0 Å². The van der Waals surface area contributed by atoms with Gasteiger partial charge in [-0.15, -0.1) is 0 Å². The second-order valence-corrected chi connectivity index (χ2v) is 6.14. The van der Waals surface area contributed by atoms with Crippen LogP contribution >= 0.6 is 0 Å². The second kappa shape index (κ2) is 9.19. The van der Waals surface area contributed by atoms with Crippen molar-refractivity contribution >= 4 is 6.03 Å². The van der Waals surface area contributed by atoms with Gasteiger partial charge in [-0.3, -0.25) is 0 Å². The fourth-order valence-electron chi connectivity index (χ4n) is 2.81. The highest BCUT2D eigenvalue weighted by molar-refractivity contribution is 5.74. The van der Waals surface area contributed by atoms with Crippen LogP contribution in [0.3, 0.4) is 0 Å². The summed E-state index contributed by atoms with van der Waals surface area (Å²) in [6.45, 7) is 6.65. The predicted molar refractivity (Wildman–Crippen MR) is 79.7 cm³/mol. The van der Waals surface area contributed by atoms with E-state index < -0.39 is 0 Å². The number of ether oxygens (including phenoxy) is 1. The summed E-state index contributed by atoms with van der Waals surface area (Å²) in [5.41, 5.74) is 0. The van der Waals surface area contributed by atoms with E-state index in [0.29, 0.717) is 24.9 Å². The Bertz CT molecular complexity index is 284. The number of urea groups is 1. The number of nitrogens with one attached hydrogen (secondary N) is 1. The van der Waals surface area contributed by atoms with E-state index in [1.807, 2.05) is 4.90 Å². The Hall–Kier alpha value is -0.810. The lowest BCUT2D eigenvalue weighted by Crippen LogP contribution is -2.48. The number of aliphatic hydroxyl groups is 1. The molecular formula is C15H30N2O3. The fourth-order valence-corrected chi connectivity index (χ4v) is 2.81. The third-order valence-electron chi connectivity index (χ3n) is 3.88. The first-order valence-electron chi connectivity index (χ1n) is 7.73. The molecule has 1 rings (SSSR count). The molecule has 0 aromatic rings. The van der Waals surface area contributed by atoms with E-state index in [-0.39, 0.29) is 18.7 Å². The van der Waals surface area contributed by atoms with Gasteiger partial charge in [0, 0.05) is 33.4 Å². The first-order valence-corrected chi connectivity index (χ1v) is 7.73. The maximum Gasteiger partial charge on any atom is 0.317 e. The first-order chi connectivity index (χ1) is 9.56. The van der Waals surface area contributed by atoms with Gasteiger partial charge in [0.25, 0.3) is 0 Å². The zero-order valence-corrected chi connectivity index (χ0v) is 13.1. The molecule has 0 aliphatic carbocycles. The van der Waals surface area contributed by atoms with Crippen LogP contribution in [0.4, 0.5) is 4.79 Å². The summed E-state index contributed by atoms with van der Waals surface area (Å²) < 4.78 is 5.33.